The van der Waals surface area contributed by atoms with Crippen LogP contribution in [0.2, 0.25) is 0 Å². The Morgan fingerprint density at radius 2 is 2.33 bits per heavy atom. The van der Waals surface area contributed by atoms with Gasteiger partial charge >= 0.3 is 0 Å². The van der Waals surface area contributed by atoms with Gasteiger partial charge in [-0.15, -0.1) is 0 Å². The number of amides is 1. The number of aromatic amines is 1. The predicted molar refractivity (Wildman–Crippen MR) is 65.9 cm³/mol. The first-order chi connectivity index (χ1) is 7.06. The SMILES string of the molecule is COCC(=O)Nc1n[nH]c(C(C)C)c1I. The molecule has 1 aromatic rings. The molecule has 1 rings (SSSR count). The second-order valence-corrected chi connectivity index (χ2v) is 4.51. The molecule has 2 N–H and O–H groups in total. The standard InChI is InChI=1S/C9H14IN3O2/c1-5(2)8-7(10)9(13-12-8)11-6(14)4-15-3/h5H,4H2,1-3H3,(H2,11,12,13,14). The predicted octanol–water partition coefficient (Wildman–Crippen LogP) is 1.72. The third-order valence-electron chi connectivity index (χ3n) is 1.84. The Bertz CT molecular complexity index is 349. The van der Waals surface area contributed by atoms with Gasteiger partial charge in [-0.05, 0) is 28.5 Å². The van der Waals surface area contributed by atoms with Crippen LogP contribution in [0.3, 0.4) is 0 Å². The summed E-state index contributed by atoms with van der Waals surface area (Å²) in [6.45, 7) is 4.17. The first-order valence-electron chi connectivity index (χ1n) is 4.58. The van der Waals surface area contributed by atoms with Gasteiger partial charge in [-0.3, -0.25) is 9.89 Å². The van der Waals surface area contributed by atoms with Crippen molar-refractivity contribution in [3.63, 3.8) is 0 Å². The van der Waals surface area contributed by atoms with E-state index in [4.69, 9.17) is 4.74 Å². The Morgan fingerprint density at radius 3 is 2.80 bits per heavy atom. The fourth-order valence-corrected chi connectivity index (χ4v) is 2.11. The number of halogens is 1. The van der Waals surface area contributed by atoms with Crippen molar-refractivity contribution in [1.82, 2.24) is 10.2 Å². The van der Waals surface area contributed by atoms with Crippen LogP contribution in [0, 0.1) is 3.57 Å². The molecular weight excluding hydrogens is 309 g/mol. The van der Waals surface area contributed by atoms with E-state index in [0.29, 0.717) is 11.7 Å². The molecule has 1 aromatic heterocycles. The molecule has 0 saturated heterocycles. The lowest BCUT2D eigenvalue weighted by atomic mass is 10.1. The highest BCUT2D eigenvalue weighted by molar-refractivity contribution is 14.1. The minimum Gasteiger partial charge on any atom is -0.375 e. The van der Waals surface area contributed by atoms with Crippen molar-refractivity contribution >= 4 is 34.3 Å². The quantitative estimate of drug-likeness (QED) is 0.829. The minimum absolute atomic E-state index is 0.0416. The van der Waals surface area contributed by atoms with Gasteiger partial charge in [0.05, 0.1) is 9.26 Å². The van der Waals surface area contributed by atoms with E-state index in [1.807, 2.05) is 0 Å². The van der Waals surface area contributed by atoms with Crippen molar-refractivity contribution in [2.75, 3.05) is 19.0 Å². The molecule has 1 heterocycles. The molecule has 84 valence electrons. The average Bonchev–Trinajstić information content (AvgIpc) is 2.48. The molecule has 0 aliphatic carbocycles. The Balaban J connectivity index is 2.74. The molecule has 6 heteroatoms. The first-order valence-corrected chi connectivity index (χ1v) is 5.66. The van der Waals surface area contributed by atoms with Crippen LogP contribution in [0.25, 0.3) is 0 Å². The monoisotopic (exact) mass is 323 g/mol. The molecule has 0 unspecified atom stereocenters. The summed E-state index contributed by atoms with van der Waals surface area (Å²) in [4.78, 5) is 11.3. The zero-order valence-electron chi connectivity index (χ0n) is 8.93. The molecule has 1 amide bonds. The Labute approximate surface area is 102 Å². The van der Waals surface area contributed by atoms with E-state index in [1.165, 1.54) is 7.11 Å². The summed E-state index contributed by atoms with van der Waals surface area (Å²) in [6, 6.07) is 0. The smallest absolute Gasteiger partial charge is 0.251 e. The number of rotatable bonds is 4. The zero-order valence-corrected chi connectivity index (χ0v) is 11.1. The fourth-order valence-electron chi connectivity index (χ4n) is 1.11. The molecule has 0 aliphatic rings. The van der Waals surface area contributed by atoms with Gasteiger partial charge in [0.15, 0.2) is 5.82 Å². The van der Waals surface area contributed by atoms with Gasteiger partial charge in [0.2, 0.25) is 0 Å². The largest absolute Gasteiger partial charge is 0.375 e. The van der Waals surface area contributed by atoms with E-state index in [9.17, 15) is 4.79 Å². The maximum Gasteiger partial charge on any atom is 0.251 e. The summed E-state index contributed by atoms with van der Waals surface area (Å²) in [7, 11) is 1.48. The molecule has 5 nitrogen and oxygen atoms in total. The number of ether oxygens (including phenoxy) is 1. The summed E-state index contributed by atoms with van der Waals surface area (Å²) < 4.78 is 5.67. The number of H-pyrrole nitrogens is 1. The van der Waals surface area contributed by atoms with E-state index in [1.54, 1.807) is 0 Å². The topological polar surface area (TPSA) is 67.0 Å². The maximum absolute atomic E-state index is 11.3. The number of aromatic nitrogens is 2. The van der Waals surface area contributed by atoms with E-state index in [2.05, 4.69) is 52.0 Å². The normalized spacial score (nSPS) is 10.7. The van der Waals surface area contributed by atoms with Crippen LogP contribution in [-0.2, 0) is 9.53 Å². The summed E-state index contributed by atoms with van der Waals surface area (Å²) >= 11 is 2.16. The zero-order chi connectivity index (χ0) is 11.4. The van der Waals surface area contributed by atoms with E-state index in [-0.39, 0.29) is 12.5 Å². The third-order valence-corrected chi connectivity index (χ3v) is 2.94. The van der Waals surface area contributed by atoms with Crippen molar-refractivity contribution in [2.24, 2.45) is 0 Å². The number of nitrogens with zero attached hydrogens (tertiary/aromatic N) is 1. The van der Waals surface area contributed by atoms with Crippen molar-refractivity contribution < 1.29 is 9.53 Å². The molecular formula is C9H14IN3O2. The summed E-state index contributed by atoms with van der Waals surface area (Å²) in [5.41, 5.74) is 1.03. The van der Waals surface area contributed by atoms with Crippen LogP contribution in [0.5, 0.6) is 0 Å². The molecule has 0 aromatic carbocycles. The highest BCUT2D eigenvalue weighted by Crippen LogP contribution is 2.24. The van der Waals surface area contributed by atoms with E-state index < -0.39 is 0 Å². The van der Waals surface area contributed by atoms with Crippen molar-refractivity contribution in [3.8, 4) is 0 Å². The number of carbonyl (C=O) groups is 1. The van der Waals surface area contributed by atoms with Crippen LogP contribution in [0.1, 0.15) is 25.5 Å². The Kier molecular flexibility index (Phi) is 4.52. The maximum atomic E-state index is 11.3. The molecule has 0 saturated carbocycles. The van der Waals surface area contributed by atoms with E-state index in [0.717, 1.165) is 9.26 Å². The molecule has 0 aliphatic heterocycles. The third kappa shape index (κ3) is 3.16. The minimum atomic E-state index is -0.197. The lowest BCUT2D eigenvalue weighted by Gasteiger charge is -2.03. The molecule has 0 spiro atoms. The second-order valence-electron chi connectivity index (χ2n) is 3.44. The van der Waals surface area contributed by atoms with Gasteiger partial charge in [0.25, 0.3) is 5.91 Å². The summed E-state index contributed by atoms with van der Waals surface area (Å²) in [5, 5.41) is 9.62. The average molecular weight is 323 g/mol. The van der Waals surface area contributed by atoms with Gasteiger partial charge in [0, 0.05) is 7.11 Å². The highest BCUT2D eigenvalue weighted by Gasteiger charge is 2.14. The van der Waals surface area contributed by atoms with Crippen LogP contribution < -0.4 is 5.32 Å². The number of carbonyl (C=O) groups excluding carboxylic acids is 1. The Morgan fingerprint density at radius 1 is 1.67 bits per heavy atom. The Hall–Kier alpha value is -0.630. The van der Waals surface area contributed by atoms with Gasteiger partial charge < -0.3 is 10.1 Å². The van der Waals surface area contributed by atoms with Crippen molar-refractivity contribution in [2.45, 2.75) is 19.8 Å². The van der Waals surface area contributed by atoms with Crippen LogP contribution in [0.4, 0.5) is 5.82 Å². The number of nitrogens with one attached hydrogen (secondary N) is 2. The first kappa shape index (κ1) is 12.4. The lowest BCUT2D eigenvalue weighted by molar-refractivity contribution is -0.119. The van der Waals surface area contributed by atoms with Crippen molar-refractivity contribution in [3.05, 3.63) is 9.26 Å². The highest BCUT2D eigenvalue weighted by atomic mass is 127. The summed E-state index contributed by atoms with van der Waals surface area (Å²) in [6.07, 6.45) is 0. The van der Waals surface area contributed by atoms with Crippen molar-refractivity contribution in [1.29, 1.82) is 0 Å². The van der Waals surface area contributed by atoms with E-state index >= 15 is 0 Å². The van der Waals surface area contributed by atoms with Crippen LogP contribution >= 0.6 is 22.6 Å². The fraction of sp³-hybridized carbons (Fsp3) is 0.556. The second kappa shape index (κ2) is 5.45. The molecule has 0 fully saturated rings. The van der Waals surface area contributed by atoms with Crippen LogP contribution in [-0.4, -0.2) is 29.8 Å². The molecule has 0 atom stereocenters. The van der Waals surface area contributed by atoms with Gasteiger partial charge in [-0.25, -0.2) is 0 Å². The number of hydrogen-bond donors (Lipinski definition) is 2. The van der Waals surface area contributed by atoms with Gasteiger partial charge in [-0.2, -0.15) is 5.10 Å². The van der Waals surface area contributed by atoms with Gasteiger partial charge in [-0.1, -0.05) is 13.8 Å². The number of anilines is 1. The number of methoxy groups -OCH3 is 1. The lowest BCUT2D eigenvalue weighted by Crippen LogP contribution is -2.17. The van der Waals surface area contributed by atoms with Gasteiger partial charge in [0.1, 0.15) is 6.61 Å². The molecule has 15 heavy (non-hydrogen) atoms. The molecule has 0 bridgehead atoms. The van der Waals surface area contributed by atoms with Crippen LogP contribution in [0.15, 0.2) is 0 Å². The number of hydrogen-bond acceptors (Lipinski definition) is 3. The molecule has 0 radical (unpaired) electrons. The summed E-state index contributed by atoms with van der Waals surface area (Å²) in [5.74, 6) is 0.732.